The number of benzene rings is 1. The van der Waals surface area contributed by atoms with Crippen LogP contribution in [0, 0.1) is 5.41 Å². The fourth-order valence-corrected chi connectivity index (χ4v) is 2.76. The molecule has 1 fully saturated rings. The highest BCUT2D eigenvalue weighted by Crippen LogP contribution is 2.36. The monoisotopic (exact) mass is 245 g/mol. The van der Waals surface area contributed by atoms with E-state index in [1.807, 2.05) is 18.2 Å². The maximum atomic E-state index is 11.9. The van der Waals surface area contributed by atoms with Crippen LogP contribution in [0.1, 0.15) is 45.1 Å². The van der Waals surface area contributed by atoms with Gasteiger partial charge in [-0.15, -0.1) is 0 Å². The highest BCUT2D eigenvalue weighted by atomic mass is 16.1. The van der Waals surface area contributed by atoms with Crippen LogP contribution in [0.3, 0.4) is 0 Å². The molecule has 0 aromatic heterocycles. The molecule has 0 saturated heterocycles. The van der Waals surface area contributed by atoms with Crippen LogP contribution in [0.4, 0.5) is 0 Å². The summed E-state index contributed by atoms with van der Waals surface area (Å²) in [6.07, 6.45) is 4.90. The summed E-state index contributed by atoms with van der Waals surface area (Å²) in [4.78, 5) is 11.9. The van der Waals surface area contributed by atoms with Crippen molar-refractivity contribution in [3.8, 4) is 0 Å². The average molecular weight is 245 g/mol. The first-order chi connectivity index (χ1) is 8.55. The van der Waals surface area contributed by atoms with Crippen molar-refractivity contribution in [2.75, 3.05) is 0 Å². The van der Waals surface area contributed by atoms with Gasteiger partial charge in [-0.1, -0.05) is 44.2 Å². The molecule has 1 aliphatic rings. The lowest BCUT2D eigenvalue weighted by molar-refractivity contribution is -0.121. The summed E-state index contributed by atoms with van der Waals surface area (Å²) >= 11 is 0. The van der Waals surface area contributed by atoms with Gasteiger partial charge in [-0.3, -0.25) is 4.79 Å². The van der Waals surface area contributed by atoms with Crippen LogP contribution in [0.5, 0.6) is 0 Å². The van der Waals surface area contributed by atoms with Crippen molar-refractivity contribution in [2.45, 2.75) is 52.0 Å². The van der Waals surface area contributed by atoms with Crippen LogP contribution >= 0.6 is 0 Å². The van der Waals surface area contributed by atoms with Crippen molar-refractivity contribution in [3.05, 3.63) is 35.9 Å². The molecule has 18 heavy (non-hydrogen) atoms. The van der Waals surface area contributed by atoms with E-state index in [-0.39, 0.29) is 5.91 Å². The van der Waals surface area contributed by atoms with E-state index in [2.05, 4.69) is 31.3 Å². The molecule has 1 aromatic carbocycles. The predicted molar refractivity (Wildman–Crippen MR) is 74.3 cm³/mol. The Balaban J connectivity index is 1.73. The van der Waals surface area contributed by atoms with Gasteiger partial charge in [0.25, 0.3) is 0 Å². The van der Waals surface area contributed by atoms with Crippen LogP contribution < -0.4 is 5.32 Å². The molecule has 0 heterocycles. The molecule has 1 saturated carbocycles. The van der Waals surface area contributed by atoms with E-state index in [1.54, 1.807) is 0 Å². The minimum Gasteiger partial charge on any atom is -0.353 e. The first-order valence-electron chi connectivity index (χ1n) is 6.88. The van der Waals surface area contributed by atoms with E-state index >= 15 is 0 Å². The normalized spacial score (nSPS) is 21.8. The van der Waals surface area contributed by atoms with Crippen molar-refractivity contribution < 1.29 is 4.79 Å². The number of hydrogen-bond acceptors (Lipinski definition) is 1. The van der Waals surface area contributed by atoms with Gasteiger partial charge in [-0.2, -0.15) is 0 Å². The molecule has 1 aromatic rings. The topological polar surface area (TPSA) is 29.1 Å². The highest BCUT2D eigenvalue weighted by Gasteiger charge is 2.31. The minimum absolute atomic E-state index is 0.196. The van der Waals surface area contributed by atoms with Crippen LogP contribution in [0.15, 0.2) is 30.3 Å². The predicted octanol–water partition coefficient (Wildman–Crippen LogP) is 3.31. The number of rotatable bonds is 4. The third kappa shape index (κ3) is 3.86. The van der Waals surface area contributed by atoms with Crippen LogP contribution in [0.25, 0.3) is 0 Å². The summed E-state index contributed by atoms with van der Waals surface area (Å²) in [7, 11) is 0. The van der Waals surface area contributed by atoms with Gasteiger partial charge in [0.2, 0.25) is 5.91 Å². The lowest BCUT2D eigenvalue weighted by Crippen LogP contribution is -2.33. The largest absolute Gasteiger partial charge is 0.353 e. The van der Waals surface area contributed by atoms with Gasteiger partial charge < -0.3 is 5.32 Å². The summed E-state index contributed by atoms with van der Waals surface area (Å²) in [5, 5.41) is 3.17. The number of carbonyl (C=O) groups excluding carboxylic acids is 1. The molecule has 1 amide bonds. The van der Waals surface area contributed by atoms with Gasteiger partial charge in [0.15, 0.2) is 0 Å². The number of amides is 1. The number of hydrogen-bond donors (Lipinski definition) is 1. The van der Waals surface area contributed by atoms with Gasteiger partial charge >= 0.3 is 0 Å². The zero-order valence-corrected chi connectivity index (χ0v) is 11.4. The van der Waals surface area contributed by atoms with Gasteiger partial charge in [0, 0.05) is 12.5 Å². The molecule has 2 heteroatoms. The molecule has 2 rings (SSSR count). The van der Waals surface area contributed by atoms with Gasteiger partial charge in [-0.05, 0) is 36.7 Å². The molecular weight excluding hydrogens is 222 g/mol. The lowest BCUT2D eigenvalue weighted by Gasteiger charge is -2.17. The van der Waals surface area contributed by atoms with Gasteiger partial charge in [0.1, 0.15) is 0 Å². The zero-order chi connectivity index (χ0) is 13.0. The molecule has 0 bridgehead atoms. The van der Waals surface area contributed by atoms with Crippen molar-refractivity contribution >= 4 is 5.91 Å². The van der Waals surface area contributed by atoms with Crippen molar-refractivity contribution in [2.24, 2.45) is 5.41 Å². The van der Waals surface area contributed by atoms with Crippen LogP contribution in [0.2, 0.25) is 0 Å². The Kier molecular flexibility index (Phi) is 4.05. The van der Waals surface area contributed by atoms with E-state index in [4.69, 9.17) is 0 Å². The summed E-state index contributed by atoms with van der Waals surface area (Å²) in [5.74, 6) is 0.196. The molecule has 1 N–H and O–H groups in total. The SMILES string of the molecule is CC1(C)CCC(NC(=O)CCc2ccccc2)C1. The molecule has 0 spiro atoms. The Morgan fingerprint density at radius 2 is 2.06 bits per heavy atom. The van der Waals surface area contributed by atoms with Crippen molar-refractivity contribution in [3.63, 3.8) is 0 Å². The maximum Gasteiger partial charge on any atom is 0.220 e. The van der Waals surface area contributed by atoms with Crippen LogP contribution in [-0.4, -0.2) is 11.9 Å². The van der Waals surface area contributed by atoms with E-state index in [0.717, 1.165) is 19.3 Å². The van der Waals surface area contributed by atoms with E-state index in [0.29, 0.717) is 17.9 Å². The van der Waals surface area contributed by atoms with E-state index in [9.17, 15) is 4.79 Å². The van der Waals surface area contributed by atoms with Crippen molar-refractivity contribution in [1.29, 1.82) is 0 Å². The molecule has 1 aliphatic carbocycles. The first-order valence-corrected chi connectivity index (χ1v) is 6.88. The zero-order valence-electron chi connectivity index (χ0n) is 11.4. The highest BCUT2D eigenvalue weighted by molar-refractivity contribution is 5.76. The summed E-state index contributed by atoms with van der Waals surface area (Å²) in [6, 6.07) is 10.6. The second-order valence-electron chi connectivity index (χ2n) is 6.16. The molecule has 0 radical (unpaired) electrons. The Morgan fingerprint density at radius 3 is 2.67 bits per heavy atom. The quantitative estimate of drug-likeness (QED) is 0.866. The fourth-order valence-electron chi connectivity index (χ4n) is 2.76. The number of carbonyl (C=O) groups is 1. The minimum atomic E-state index is 0.196. The lowest BCUT2D eigenvalue weighted by atomic mass is 9.92. The molecular formula is C16H23NO. The van der Waals surface area contributed by atoms with Crippen LogP contribution in [-0.2, 0) is 11.2 Å². The van der Waals surface area contributed by atoms with Gasteiger partial charge in [-0.25, -0.2) is 0 Å². The third-order valence-corrected chi connectivity index (χ3v) is 3.82. The average Bonchev–Trinajstić information content (AvgIpc) is 2.67. The Bertz CT molecular complexity index is 397. The second-order valence-corrected chi connectivity index (χ2v) is 6.16. The number of aryl methyl sites for hydroxylation is 1. The molecule has 1 atom stereocenters. The molecule has 1 unspecified atom stereocenters. The molecule has 2 nitrogen and oxygen atoms in total. The standard InChI is InChI=1S/C16H23NO/c1-16(2)11-10-14(12-16)17-15(18)9-8-13-6-4-3-5-7-13/h3-7,14H,8-12H2,1-2H3,(H,17,18). The van der Waals surface area contributed by atoms with Crippen molar-refractivity contribution in [1.82, 2.24) is 5.32 Å². The van der Waals surface area contributed by atoms with Gasteiger partial charge in [0.05, 0.1) is 0 Å². The van der Waals surface area contributed by atoms with E-state index < -0.39 is 0 Å². The third-order valence-electron chi connectivity index (χ3n) is 3.82. The maximum absolute atomic E-state index is 11.9. The smallest absolute Gasteiger partial charge is 0.220 e. The molecule has 98 valence electrons. The Labute approximate surface area is 110 Å². The first kappa shape index (κ1) is 13.1. The molecule has 0 aliphatic heterocycles. The second kappa shape index (κ2) is 5.55. The summed E-state index contributed by atoms with van der Waals surface area (Å²) in [5.41, 5.74) is 1.64. The summed E-state index contributed by atoms with van der Waals surface area (Å²) in [6.45, 7) is 4.56. The Morgan fingerprint density at radius 1 is 1.33 bits per heavy atom. The van der Waals surface area contributed by atoms with E-state index in [1.165, 1.54) is 12.0 Å². The number of nitrogens with one attached hydrogen (secondary N) is 1. The fraction of sp³-hybridized carbons (Fsp3) is 0.562. The summed E-state index contributed by atoms with van der Waals surface area (Å²) < 4.78 is 0. The Hall–Kier alpha value is -1.31.